The molecule has 0 saturated carbocycles. The molecule has 4 nitrogen and oxygen atoms in total. The number of nitrogens with zero attached hydrogens (tertiary/aromatic N) is 1. The summed E-state index contributed by atoms with van der Waals surface area (Å²) in [5.74, 6) is -1.55. The van der Waals surface area contributed by atoms with Crippen LogP contribution in [-0.4, -0.2) is 42.7 Å². The molecule has 1 aliphatic heterocycles. The van der Waals surface area contributed by atoms with Crippen LogP contribution in [0.25, 0.3) is 0 Å². The van der Waals surface area contributed by atoms with Gasteiger partial charge in [0, 0.05) is 28.9 Å². The normalized spacial score (nSPS) is 14.8. The molecule has 1 amide bonds. The first kappa shape index (κ1) is 28.5. The third kappa shape index (κ3) is 10.7. The molecule has 1 heterocycles. The fourth-order valence-electron chi connectivity index (χ4n) is 3.41. The number of hydrogen-bond acceptors (Lipinski definition) is 5. The number of nitrogens with one attached hydrogen (secondary N) is 1. The lowest BCUT2D eigenvalue weighted by atomic mass is 9.91. The van der Waals surface area contributed by atoms with Gasteiger partial charge >= 0.3 is 0 Å². The van der Waals surface area contributed by atoms with Gasteiger partial charge in [-0.15, -0.1) is 11.8 Å². The number of rotatable bonds is 9. The molecule has 2 aromatic rings. The van der Waals surface area contributed by atoms with E-state index in [1.807, 2.05) is 11.9 Å². The summed E-state index contributed by atoms with van der Waals surface area (Å²) in [7, 11) is 0. The first-order chi connectivity index (χ1) is 16.2. The van der Waals surface area contributed by atoms with Crippen LogP contribution in [-0.2, 0) is 4.79 Å². The number of benzene rings is 2. The summed E-state index contributed by atoms with van der Waals surface area (Å²) in [5, 5.41) is 2.87. The maximum absolute atomic E-state index is 13.1. The van der Waals surface area contributed by atoms with Crippen LogP contribution in [0.3, 0.4) is 0 Å². The third-order valence-electron chi connectivity index (χ3n) is 5.27. The van der Waals surface area contributed by atoms with Gasteiger partial charge in [0.05, 0.1) is 6.61 Å². The number of ether oxygens (including phenoxy) is 1. The Bertz CT molecular complexity index is 865. The summed E-state index contributed by atoms with van der Waals surface area (Å²) in [6.07, 6.45) is 6.73. The van der Waals surface area contributed by atoms with Crippen molar-refractivity contribution in [2.24, 2.45) is 5.41 Å². The Morgan fingerprint density at radius 3 is 2.29 bits per heavy atom. The number of carbonyl (C=O) groups is 1. The smallest absolute Gasteiger partial charge is 0.207 e. The van der Waals surface area contributed by atoms with Crippen LogP contribution in [0.4, 0.5) is 8.78 Å². The zero-order valence-corrected chi connectivity index (χ0v) is 22.1. The largest absolute Gasteiger partial charge is 0.488 e. The molecule has 34 heavy (non-hydrogen) atoms. The van der Waals surface area contributed by atoms with Crippen LogP contribution in [0.15, 0.2) is 52.3 Å². The Hall–Kier alpha value is -1.77. The van der Waals surface area contributed by atoms with Crippen molar-refractivity contribution in [3.8, 4) is 5.75 Å². The van der Waals surface area contributed by atoms with Crippen LogP contribution >= 0.6 is 23.7 Å². The lowest BCUT2D eigenvalue weighted by molar-refractivity contribution is -0.110. The molecule has 2 aromatic carbocycles. The Labute approximate surface area is 211 Å². The van der Waals surface area contributed by atoms with Gasteiger partial charge in [-0.3, -0.25) is 4.79 Å². The molecule has 3 rings (SSSR count). The van der Waals surface area contributed by atoms with Gasteiger partial charge in [-0.2, -0.15) is 0 Å². The van der Waals surface area contributed by atoms with Crippen LogP contribution < -0.4 is 10.1 Å². The lowest BCUT2D eigenvalue weighted by Crippen LogP contribution is -2.39. The number of carbonyl (C=O) groups excluding carboxylic acids is 1. The molecule has 0 bridgehead atoms. The molecule has 0 aliphatic carbocycles. The number of piperidine rings is 1. The number of halogens is 2. The van der Waals surface area contributed by atoms with Gasteiger partial charge in [-0.05, 0) is 79.6 Å². The Balaban J connectivity index is 0.000000242. The van der Waals surface area contributed by atoms with Crippen LogP contribution in [0, 0.1) is 17.0 Å². The van der Waals surface area contributed by atoms with Crippen molar-refractivity contribution >= 4 is 30.1 Å². The summed E-state index contributed by atoms with van der Waals surface area (Å²) < 4.78 is 33.8. The van der Waals surface area contributed by atoms with Crippen molar-refractivity contribution in [3.05, 3.63) is 54.1 Å². The predicted molar refractivity (Wildman–Crippen MR) is 138 cm³/mol. The van der Waals surface area contributed by atoms with Crippen molar-refractivity contribution in [1.29, 1.82) is 0 Å². The average molecular weight is 511 g/mol. The third-order valence-corrected chi connectivity index (χ3v) is 7.08. The van der Waals surface area contributed by atoms with E-state index in [0.717, 1.165) is 45.2 Å². The highest BCUT2D eigenvalue weighted by Gasteiger charge is 2.19. The van der Waals surface area contributed by atoms with Gasteiger partial charge in [-0.25, -0.2) is 13.1 Å². The zero-order valence-electron chi connectivity index (χ0n) is 20.5. The van der Waals surface area contributed by atoms with E-state index in [-0.39, 0.29) is 11.2 Å². The van der Waals surface area contributed by atoms with E-state index in [1.165, 1.54) is 28.0 Å². The summed E-state index contributed by atoms with van der Waals surface area (Å²) >= 11 is 3.59. The van der Waals surface area contributed by atoms with Gasteiger partial charge in [0.1, 0.15) is 0 Å². The second-order valence-electron chi connectivity index (χ2n) is 9.32. The Morgan fingerprint density at radius 1 is 1.09 bits per heavy atom. The molecule has 0 atom stereocenters. The Kier molecular flexibility index (Phi) is 12.2. The molecular weight excluding hydrogens is 474 g/mol. The highest BCUT2D eigenvalue weighted by Crippen LogP contribution is 2.29. The lowest BCUT2D eigenvalue weighted by Gasteiger charge is -2.30. The number of hydrogen-bond donors (Lipinski definition) is 1. The van der Waals surface area contributed by atoms with Crippen LogP contribution in [0.5, 0.6) is 5.75 Å². The van der Waals surface area contributed by atoms with Crippen molar-refractivity contribution in [3.63, 3.8) is 0 Å². The summed E-state index contributed by atoms with van der Waals surface area (Å²) in [6.45, 7) is 8.76. The minimum atomic E-state index is -0.643. The van der Waals surface area contributed by atoms with Crippen molar-refractivity contribution in [2.75, 3.05) is 26.0 Å². The van der Waals surface area contributed by atoms with E-state index in [0.29, 0.717) is 12.6 Å². The first-order valence-corrected chi connectivity index (χ1v) is 13.5. The number of para-hydroxylation sites is 1. The van der Waals surface area contributed by atoms with E-state index >= 15 is 0 Å². The maximum atomic E-state index is 13.1. The molecule has 1 aliphatic rings. The van der Waals surface area contributed by atoms with Gasteiger partial charge in [0.25, 0.3) is 0 Å². The van der Waals surface area contributed by atoms with E-state index < -0.39 is 11.6 Å². The van der Waals surface area contributed by atoms with Crippen molar-refractivity contribution < 1.29 is 18.3 Å². The fraction of sp³-hybridized carbons (Fsp3) is 0.500. The minimum Gasteiger partial charge on any atom is -0.488 e. The maximum Gasteiger partial charge on any atom is 0.207 e. The zero-order chi connectivity index (χ0) is 25.0. The van der Waals surface area contributed by atoms with E-state index in [4.69, 9.17) is 4.74 Å². The van der Waals surface area contributed by atoms with Crippen LogP contribution in [0.2, 0.25) is 0 Å². The SMILES string of the molecule is CC(C)(C)CCCOc1c(F)cccc1F.CSc1cccc(SN2CCC(NC=O)CC2)c1. The molecule has 0 spiro atoms. The molecule has 0 aromatic heterocycles. The second-order valence-corrected chi connectivity index (χ2v) is 11.4. The molecule has 1 saturated heterocycles. The minimum absolute atomic E-state index is 0.219. The highest BCUT2D eigenvalue weighted by molar-refractivity contribution is 7.99. The molecule has 1 N–H and O–H groups in total. The molecule has 1 fully saturated rings. The van der Waals surface area contributed by atoms with E-state index in [1.54, 1.807) is 11.8 Å². The predicted octanol–water partition coefficient (Wildman–Crippen LogP) is 6.80. The van der Waals surface area contributed by atoms with Crippen LogP contribution in [0.1, 0.15) is 46.5 Å². The standard InChI is InChI=1S/C13H18F2O.C13H18N2OS2/c1-13(2,3)8-5-9-16-12-10(14)6-4-7-11(12)15;1-17-12-3-2-4-13(9-12)18-15-7-5-11(6-8-15)14-10-16/h4,6-7H,5,8-9H2,1-3H3;2-4,9-11H,5-8H2,1H3,(H,14,16). The van der Waals surface area contributed by atoms with Gasteiger partial charge in [-0.1, -0.05) is 32.9 Å². The van der Waals surface area contributed by atoms with Gasteiger partial charge in [0.15, 0.2) is 17.4 Å². The molecule has 0 unspecified atom stereocenters. The van der Waals surface area contributed by atoms with E-state index in [9.17, 15) is 13.6 Å². The summed E-state index contributed by atoms with van der Waals surface area (Å²) in [4.78, 5) is 13.0. The monoisotopic (exact) mass is 510 g/mol. The highest BCUT2D eigenvalue weighted by atomic mass is 32.2. The van der Waals surface area contributed by atoms with Crippen molar-refractivity contribution in [1.82, 2.24) is 9.62 Å². The quantitative estimate of drug-likeness (QED) is 0.174. The molecule has 188 valence electrons. The number of amides is 1. The second kappa shape index (κ2) is 14.6. The van der Waals surface area contributed by atoms with Gasteiger partial charge in [0.2, 0.25) is 6.41 Å². The number of thioether (sulfide) groups is 1. The van der Waals surface area contributed by atoms with E-state index in [2.05, 4.69) is 60.9 Å². The molecule has 0 radical (unpaired) electrons. The molecule has 8 heteroatoms. The Morgan fingerprint density at radius 2 is 1.71 bits per heavy atom. The first-order valence-electron chi connectivity index (χ1n) is 11.6. The summed E-state index contributed by atoms with van der Waals surface area (Å²) in [6, 6.07) is 12.7. The van der Waals surface area contributed by atoms with Gasteiger partial charge < -0.3 is 10.1 Å². The average Bonchev–Trinajstić information content (AvgIpc) is 2.80. The topological polar surface area (TPSA) is 41.6 Å². The molecular formula is C26H36F2N2O2S2. The summed E-state index contributed by atoms with van der Waals surface area (Å²) in [5.41, 5.74) is 0.219. The fourth-order valence-corrected chi connectivity index (χ4v) is 4.96. The van der Waals surface area contributed by atoms with Crippen molar-refractivity contribution in [2.45, 2.75) is 62.3 Å².